The standard InChI is InChI=1S/C13H28N2O2/c1-5-7-9-15(11(3)6-2)10-8-12(14)13(16)17-4/h11-12H,5-10,14H2,1-4H3. The van der Waals surface area contributed by atoms with E-state index in [1.807, 2.05) is 0 Å². The van der Waals surface area contributed by atoms with Crippen molar-refractivity contribution in [2.24, 2.45) is 5.73 Å². The Morgan fingerprint density at radius 2 is 2.00 bits per heavy atom. The lowest BCUT2D eigenvalue weighted by molar-refractivity contribution is -0.142. The number of carbonyl (C=O) groups excluding carboxylic acids is 1. The summed E-state index contributed by atoms with van der Waals surface area (Å²) in [5, 5.41) is 0. The molecular formula is C13H28N2O2. The molecule has 4 nitrogen and oxygen atoms in total. The highest BCUT2D eigenvalue weighted by Crippen LogP contribution is 2.07. The Labute approximate surface area is 105 Å². The lowest BCUT2D eigenvalue weighted by Gasteiger charge is -2.29. The van der Waals surface area contributed by atoms with Crippen LogP contribution in [0.4, 0.5) is 0 Å². The SMILES string of the molecule is CCCCN(CCC(N)C(=O)OC)C(C)CC. The quantitative estimate of drug-likeness (QED) is 0.628. The summed E-state index contributed by atoms with van der Waals surface area (Å²) in [5.74, 6) is -0.315. The number of hydrogen-bond donors (Lipinski definition) is 1. The van der Waals surface area contributed by atoms with Gasteiger partial charge in [0.1, 0.15) is 6.04 Å². The van der Waals surface area contributed by atoms with Crippen molar-refractivity contribution in [3.63, 3.8) is 0 Å². The molecular weight excluding hydrogens is 216 g/mol. The lowest BCUT2D eigenvalue weighted by atomic mass is 10.1. The molecule has 102 valence electrons. The fourth-order valence-electron chi connectivity index (χ4n) is 1.75. The molecule has 0 aromatic carbocycles. The normalized spacial score (nSPS) is 14.7. The molecule has 0 amide bonds. The number of unbranched alkanes of at least 4 members (excludes halogenated alkanes) is 1. The average molecular weight is 244 g/mol. The molecule has 0 rings (SSSR count). The fraction of sp³-hybridized carbons (Fsp3) is 0.923. The zero-order chi connectivity index (χ0) is 13.3. The Balaban J connectivity index is 4.10. The monoisotopic (exact) mass is 244 g/mol. The van der Waals surface area contributed by atoms with Crippen LogP contribution >= 0.6 is 0 Å². The average Bonchev–Trinajstić information content (AvgIpc) is 2.36. The summed E-state index contributed by atoms with van der Waals surface area (Å²) in [4.78, 5) is 13.6. The largest absolute Gasteiger partial charge is 0.468 e. The maximum Gasteiger partial charge on any atom is 0.322 e. The first kappa shape index (κ1) is 16.4. The van der Waals surface area contributed by atoms with Crippen LogP contribution in [0.5, 0.6) is 0 Å². The molecule has 2 N–H and O–H groups in total. The van der Waals surface area contributed by atoms with Gasteiger partial charge in [-0.1, -0.05) is 20.3 Å². The van der Waals surface area contributed by atoms with Crippen LogP contribution in [0.25, 0.3) is 0 Å². The van der Waals surface area contributed by atoms with Crippen molar-refractivity contribution in [1.82, 2.24) is 4.90 Å². The summed E-state index contributed by atoms with van der Waals surface area (Å²) >= 11 is 0. The van der Waals surface area contributed by atoms with Gasteiger partial charge in [0.25, 0.3) is 0 Å². The number of carbonyl (C=O) groups is 1. The molecule has 0 aromatic rings. The minimum Gasteiger partial charge on any atom is -0.468 e. The second kappa shape index (κ2) is 9.42. The van der Waals surface area contributed by atoms with E-state index in [-0.39, 0.29) is 5.97 Å². The van der Waals surface area contributed by atoms with Crippen molar-refractivity contribution in [3.05, 3.63) is 0 Å². The summed E-state index contributed by atoms with van der Waals surface area (Å²) in [7, 11) is 1.38. The molecule has 0 saturated heterocycles. The Bertz CT molecular complexity index is 210. The van der Waals surface area contributed by atoms with Crippen LogP contribution in [-0.2, 0) is 9.53 Å². The van der Waals surface area contributed by atoms with Crippen LogP contribution in [0.2, 0.25) is 0 Å². The van der Waals surface area contributed by atoms with E-state index in [0.29, 0.717) is 12.5 Å². The Hall–Kier alpha value is -0.610. The summed E-state index contributed by atoms with van der Waals surface area (Å²) in [6, 6.07) is 0.0552. The highest BCUT2D eigenvalue weighted by Gasteiger charge is 2.17. The molecule has 0 aliphatic carbocycles. The molecule has 2 atom stereocenters. The minimum atomic E-state index is -0.492. The second-order valence-electron chi connectivity index (χ2n) is 4.57. The van der Waals surface area contributed by atoms with Gasteiger partial charge in [-0.3, -0.25) is 4.79 Å². The summed E-state index contributed by atoms with van der Waals surface area (Å²) < 4.78 is 4.63. The van der Waals surface area contributed by atoms with Crippen molar-refractivity contribution >= 4 is 5.97 Å². The molecule has 0 saturated carbocycles. The summed E-state index contributed by atoms with van der Waals surface area (Å²) in [6.45, 7) is 8.54. The van der Waals surface area contributed by atoms with Gasteiger partial charge in [-0.25, -0.2) is 0 Å². The molecule has 0 aromatic heterocycles. The molecule has 17 heavy (non-hydrogen) atoms. The molecule has 0 aliphatic rings. The van der Waals surface area contributed by atoms with Gasteiger partial charge in [-0.15, -0.1) is 0 Å². The smallest absolute Gasteiger partial charge is 0.322 e. The minimum absolute atomic E-state index is 0.315. The van der Waals surface area contributed by atoms with Gasteiger partial charge < -0.3 is 15.4 Å². The third kappa shape index (κ3) is 6.64. The van der Waals surface area contributed by atoms with Crippen molar-refractivity contribution in [3.8, 4) is 0 Å². The zero-order valence-corrected chi connectivity index (χ0v) is 11.7. The highest BCUT2D eigenvalue weighted by atomic mass is 16.5. The first-order chi connectivity index (χ1) is 8.06. The molecule has 0 radical (unpaired) electrons. The molecule has 2 unspecified atom stereocenters. The van der Waals surface area contributed by atoms with Crippen LogP contribution in [-0.4, -0.2) is 43.2 Å². The van der Waals surface area contributed by atoms with Crippen LogP contribution in [0.15, 0.2) is 0 Å². The first-order valence-corrected chi connectivity index (χ1v) is 6.64. The molecule has 4 heteroatoms. The Kier molecular flexibility index (Phi) is 9.09. The van der Waals surface area contributed by atoms with E-state index in [1.54, 1.807) is 0 Å². The van der Waals surface area contributed by atoms with Gasteiger partial charge >= 0.3 is 5.97 Å². The highest BCUT2D eigenvalue weighted by molar-refractivity contribution is 5.75. The number of rotatable bonds is 9. The lowest BCUT2D eigenvalue weighted by Crippen LogP contribution is -2.40. The van der Waals surface area contributed by atoms with Crippen LogP contribution in [0, 0.1) is 0 Å². The van der Waals surface area contributed by atoms with Gasteiger partial charge in [0, 0.05) is 12.6 Å². The van der Waals surface area contributed by atoms with Gasteiger partial charge in [-0.05, 0) is 32.7 Å². The summed E-state index contributed by atoms with van der Waals surface area (Å²) in [5.41, 5.74) is 5.75. The van der Waals surface area contributed by atoms with Crippen molar-refractivity contribution in [2.75, 3.05) is 20.2 Å². The van der Waals surface area contributed by atoms with Gasteiger partial charge in [-0.2, -0.15) is 0 Å². The third-order valence-electron chi connectivity index (χ3n) is 3.24. The molecule has 0 spiro atoms. The maximum absolute atomic E-state index is 11.2. The topological polar surface area (TPSA) is 55.6 Å². The number of nitrogens with zero attached hydrogens (tertiary/aromatic N) is 1. The number of ether oxygens (including phenoxy) is 1. The van der Waals surface area contributed by atoms with Crippen molar-refractivity contribution < 1.29 is 9.53 Å². The molecule has 0 aliphatic heterocycles. The molecule has 0 heterocycles. The number of hydrogen-bond acceptors (Lipinski definition) is 4. The van der Waals surface area contributed by atoms with Gasteiger partial charge in [0.2, 0.25) is 0 Å². The van der Waals surface area contributed by atoms with E-state index < -0.39 is 6.04 Å². The predicted octanol–water partition coefficient (Wildman–Crippen LogP) is 1.78. The van der Waals surface area contributed by atoms with Gasteiger partial charge in [0.05, 0.1) is 7.11 Å². The van der Waals surface area contributed by atoms with E-state index in [4.69, 9.17) is 5.73 Å². The van der Waals surface area contributed by atoms with Crippen molar-refractivity contribution in [2.45, 2.75) is 58.5 Å². The van der Waals surface area contributed by atoms with Crippen LogP contribution < -0.4 is 5.73 Å². The van der Waals surface area contributed by atoms with E-state index in [0.717, 1.165) is 19.5 Å². The number of esters is 1. The molecule has 0 fully saturated rings. The third-order valence-corrected chi connectivity index (χ3v) is 3.24. The number of methoxy groups -OCH3 is 1. The van der Waals surface area contributed by atoms with Crippen molar-refractivity contribution in [1.29, 1.82) is 0 Å². The van der Waals surface area contributed by atoms with Crippen LogP contribution in [0.3, 0.4) is 0 Å². The van der Waals surface area contributed by atoms with E-state index in [2.05, 4.69) is 30.4 Å². The van der Waals surface area contributed by atoms with Gasteiger partial charge in [0.15, 0.2) is 0 Å². The maximum atomic E-state index is 11.2. The van der Waals surface area contributed by atoms with E-state index >= 15 is 0 Å². The van der Waals surface area contributed by atoms with Crippen LogP contribution in [0.1, 0.15) is 46.5 Å². The van der Waals surface area contributed by atoms with E-state index in [9.17, 15) is 4.79 Å². The second-order valence-corrected chi connectivity index (χ2v) is 4.57. The summed E-state index contributed by atoms with van der Waals surface area (Å²) in [6.07, 6.45) is 4.17. The predicted molar refractivity (Wildman–Crippen MR) is 70.8 cm³/mol. The Morgan fingerprint density at radius 1 is 1.35 bits per heavy atom. The number of nitrogens with two attached hydrogens (primary N) is 1. The zero-order valence-electron chi connectivity index (χ0n) is 11.7. The van der Waals surface area contributed by atoms with E-state index in [1.165, 1.54) is 20.0 Å². The first-order valence-electron chi connectivity index (χ1n) is 6.64. The fourth-order valence-corrected chi connectivity index (χ4v) is 1.75. The Morgan fingerprint density at radius 3 is 2.47 bits per heavy atom. The molecule has 0 bridgehead atoms.